The summed E-state index contributed by atoms with van der Waals surface area (Å²) >= 11 is 0. The highest BCUT2D eigenvalue weighted by Crippen LogP contribution is 2.35. The second kappa shape index (κ2) is 6.14. The zero-order chi connectivity index (χ0) is 14.8. The molecule has 4 heteroatoms. The van der Waals surface area contributed by atoms with Crippen molar-refractivity contribution >= 4 is 5.91 Å². The van der Waals surface area contributed by atoms with Crippen LogP contribution in [0.1, 0.15) is 51.1 Å². The number of amides is 1. The van der Waals surface area contributed by atoms with E-state index in [1.54, 1.807) is 6.92 Å². The first-order chi connectivity index (χ1) is 10.2. The van der Waals surface area contributed by atoms with Gasteiger partial charge in [0.1, 0.15) is 0 Å². The minimum atomic E-state index is 0.235. The van der Waals surface area contributed by atoms with Gasteiger partial charge in [0.2, 0.25) is 5.91 Å². The number of hydrogen-bond acceptors (Lipinski definition) is 3. The Morgan fingerprint density at radius 3 is 2.76 bits per heavy atom. The Bertz CT molecular complexity index is 490. The molecule has 1 aromatic rings. The zero-order valence-electron chi connectivity index (χ0n) is 13.0. The number of pyridine rings is 1. The first-order valence-corrected chi connectivity index (χ1v) is 8.11. The third kappa shape index (κ3) is 2.82. The maximum absolute atomic E-state index is 11.9. The van der Waals surface area contributed by atoms with Gasteiger partial charge < -0.3 is 4.90 Å². The largest absolute Gasteiger partial charge is 0.338 e. The lowest BCUT2D eigenvalue weighted by atomic mass is 10.0. The smallest absolute Gasteiger partial charge is 0.219 e. The molecule has 0 spiro atoms. The van der Waals surface area contributed by atoms with Crippen LogP contribution in [-0.2, 0) is 4.79 Å². The SMILES string of the molecule is CC(=O)N1CCC[C@@H]1[C@@H]1CCCN1[C@H](C)c1cccnc1. The van der Waals surface area contributed by atoms with E-state index in [1.807, 2.05) is 18.5 Å². The van der Waals surface area contributed by atoms with Crippen molar-refractivity contribution in [3.63, 3.8) is 0 Å². The van der Waals surface area contributed by atoms with Gasteiger partial charge in [-0.15, -0.1) is 0 Å². The lowest BCUT2D eigenvalue weighted by Crippen LogP contribution is -2.48. The van der Waals surface area contributed by atoms with E-state index < -0.39 is 0 Å². The highest BCUT2D eigenvalue weighted by Gasteiger charge is 2.40. The summed E-state index contributed by atoms with van der Waals surface area (Å²) < 4.78 is 0. The molecule has 3 heterocycles. The van der Waals surface area contributed by atoms with Crippen molar-refractivity contribution in [2.75, 3.05) is 13.1 Å². The van der Waals surface area contributed by atoms with Gasteiger partial charge in [-0.3, -0.25) is 14.7 Å². The number of nitrogens with zero attached hydrogens (tertiary/aromatic N) is 3. The summed E-state index contributed by atoms with van der Waals surface area (Å²) in [7, 11) is 0. The molecular weight excluding hydrogens is 262 g/mol. The molecule has 3 rings (SSSR count). The van der Waals surface area contributed by atoms with E-state index in [4.69, 9.17) is 0 Å². The summed E-state index contributed by atoms with van der Waals surface area (Å²) in [5, 5.41) is 0. The van der Waals surface area contributed by atoms with Crippen LogP contribution in [-0.4, -0.2) is 45.9 Å². The van der Waals surface area contributed by atoms with E-state index in [9.17, 15) is 4.79 Å². The standard InChI is InChI=1S/C17H25N3O/c1-13(15-6-3-9-18-12-15)19-10-4-7-16(19)17-8-5-11-20(17)14(2)21/h3,6,9,12-13,16-17H,4-5,7-8,10-11H2,1-2H3/t13-,16+,17-/m1/s1. The normalized spacial score (nSPS) is 28.0. The topological polar surface area (TPSA) is 36.4 Å². The number of aromatic nitrogens is 1. The van der Waals surface area contributed by atoms with Crippen LogP contribution in [0.4, 0.5) is 0 Å². The summed E-state index contributed by atoms with van der Waals surface area (Å²) in [4.78, 5) is 20.8. The summed E-state index contributed by atoms with van der Waals surface area (Å²) in [5.41, 5.74) is 1.27. The summed E-state index contributed by atoms with van der Waals surface area (Å²) in [6, 6.07) is 5.45. The van der Waals surface area contributed by atoms with Gasteiger partial charge in [-0.05, 0) is 50.8 Å². The molecule has 0 N–H and O–H groups in total. The molecule has 0 unspecified atom stereocenters. The van der Waals surface area contributed by atoms with Crippen molar-refractivity contribution in [2.24, 2.45) is 0 Å². The van der Waals surface area contributed by atoms with Gasteiger partial charge in [-0.1, -0.05) is 6.07 Å². The Balaban J connectivity index is 1.78. The lowest BCUT2D eigenvalue weighted by Gasteiger charge is -2.37. The Kier molecular flexibility index (Phi) is 4.24. The van der Waals surface area contributed by atoms with Crippen LogP contribution in [0.2, 0.25) is 0 Å². The van der Waals surface area contributed by atoms with Crippen molar-refractivity contribution < 1.29 is 4.79 Å². The van der Waals surface area contributed by atoms with Gasteiger partial charge >= 0.3 is 0 Å². The second-order valence-corrected chi connectivity index (χ2v) is 6.33. The first kappa shape index (κ1) is 14.5. The highest BCUT2D eigenvalue weighted by molar-refractivity contribution is 5.74. The Morgan fingerprint density at radius 1 is 1.29 bits per heavy atom. The van der Waals surface area contributed by atoms with Crippen molar-refractivity contribution in [3.8, 4) is 0 Å². The summed E-state index contributed by atoms with van der Waals surface area (Å²) in [6.45, 7) is 6.04. The average molecular weight is 287 g/mol. The quantitative estimate of drug-likeness (QED) is 0.857. The second-order valence-electron chi connectivity index (χ2n) is 6.33. The Hall–Kier alpha value is -1.42. The number of likely N-dealkylation sites (tertiary alicyclic amines) is 2. The third-order valence-electron chi connectivity index (χ3n) is 5.15. The van der Waals surface area contributed by atoms with E-state index in [0.717, 1.165) is 25.9 Å². The fourth-order valence-corrected chi connectivity index (χ4v) is 4.11. The minimum absolute atomic E-state index is 0.235. The fraction of sp³-hybridized carbons (Fsp3) is 0.647. The van der Waals surface area contributed by atoms with Crippen LogP contribution in [0.3, 0.4) is 0 Å². The van der Waals surface area contributed by atoms with Gasteiger partial charge in [0, 0.05) is 44.0 Å². The van der Waals surface area contributed by atoms with Gasteiger partial charge in [0.15, 0.2) is 0 Å². The molecule has 0 radical (unpaired) electrons. The Morgan fingerprint density at radius 2 is 2.05 bits per heavy atom. The molecule has 0 bridgehead atoms. The van der Waals surface area contributed by atoms with E-state index in [1.165, 1.54) is 18.4 Å². The fourth-order valence-electron chi connectivity index (χ4n) is 4.11. The van der Waals surface area contributed by atoms with Gasteiger partial charge in [-0.25, -0.2) is 0 Å². The van der Waals surface area contributed by atoms with Crippen molar-refractivity contribution in [1.82, 2.24) is 14.8 Å². The van der Waals surface area contributed by atoms with E-state index in [2.05, 4.69) is 27.8 Å². The van der Waals surface area contributed by atoms with Crippen LogP contribution in [0.5, 0.6) is 0 Å². The molecule has 114 valence electrons. The maximum Gasteiger partial charge on any atom is 0.219 e. The molecule has 2 aliphatic heterocycles. The molecule has 0 aliphatic carbocycles. The molecule has 0 saturated carbocycles. The molecule has 4 nitrogen and oxygen atoms in total. The van der Waals surface area contributed by atoms with Crippen molar-refractivity contribution in [3.05, 3.63) is 30.1 Å². The van der Waals surface area contributed by atoms with Gasteiger partial charge in [-0.2, -0.15) is 0 Å². The van der Waals surface area contributed by atoms with Gasteiger partial charge in [0.25, 0.3) is 0 Å². The maximum atomic E-state index is 11.9. The van der Waals surface area contributed by atoms with Crippen LogP contribution in [0.15, 0.2) is 24.5 Å². The number of carbonyl (C=O) groups excluding carboxylic acids is 1. The van der Waals surface area contributed by atoms with Crippen LogP contribution in [0.25, 0.3) is 0 Å². The molecule has 3 atom stereocenters. The van der Waals surface area contributed by atoms with E-state index in [0.29, 0.717) is 18.1 Å². The minimum Gasteiger partial charge on any atom is -0.338 e. The van der Waals surface area contributed by atoms with Crippen LogP contribution in [0, 0.1) is 0 Å². The number of rotatable bonds is 3. The van der Waals surface area contributed by atoms with Gasteiger partial charge in [0.05, 0.1) is 0 Å². The molecule has 1 amide bonds. The molecule has 2 fully saturated rings. The number of carbonyl (C=O) groups is 1. The highest BCUT2D eigenvalue weighted by atomic mass is 16.2. The van der Waals surface area contributed by atoms with Crippen molar-refractivity contribution in [2.45, 2.75) is 57.7 Å². The molecular formula is C17H25N3O. The lowest BCUT2D eigenvalue weighted by molar-refractivity contribution is -0.130. The first-order valence-electron chi connectivity index (χ1n) is 8.11. The van der Waals surface area contributed by atoms with Crippen LogP contribution < -0.4 is 0 Å². The zero-order valence-corrected chi connectivity index (χ0v) is 13.0. The monoisotopic (exact) mass is 287 g/mol. The summed E-state index contributed by atoms with van der Waals surface area (Å²) in [6.07, 6.45) is 8.54. The molecule has 21 heavy (non-hydrogen) atoms. The molecule has 0 aromatic carbocycles. The van der Waals surface area contributed by atoms with Crippen molar-refractivity contribution in [1.29, 1.82) is 0 Å². The predicted molar refractivity (Wildman–Crippen MR) is 82.8 cm³/mol. The third-order valence-corrected chi connectivity index (χ3v) is 5.15. The van der Waals surface area contributed by atoms with Crippen LogP contribution >= 0.6 is 0 Å². The molecule has 2 aliphatic rings. The predicted octanol–water partition coefficient (Wildman–Crippen LogP) is 2.62. The van der Waals surface area contributed by atoms with E-state index >= 15 is 0 Å². The van der Waals surface area contributed by atoms with E-state index in [-0.39, 0.29) is 5.91 Å². The number of hydrogen-bond donors (Lipinski definition) is 0. The molecule has 1 aromatic heterocycles. The molecule has 2 saturated heterocycles. The summed E-state index contributed by atoms with van der Waals surface area (Å²) in [5.74, 6) is 0.235. The average Bonchev–Trinajstić information content (AvgIpc) is 3.15. The Labute approximate surface area is 127 Å².